The van der Waals surface area contributed by atoms with Crippen LogP contribution in [0.5, 0.6) is 5.75 Å². The van der Waals surface area contributed by atoms with Gasteiger partial charge < -0.3 is 9.26 Å². The smallest absolute Gasteiger partial charge is 0.243 e. The minimum Gasteiger partial charge on any atom is -0.493 e. The van der Waals surface area contributed by atoms with Gasteiger partial charge in [-0.1, -0.05) is 29.4 Å². The number of ketones is 1. The number of hydrogen-bond donors (Lipinski definition) is 0. The normalized spacial score (nSPS) is 15.9. The second-order valence-corrected chi connectivity index (χ2v) is 5.52. The van der Waals surface area contributed by atoms with Crippen LogP contribution < -0.4 is 4.74 Å². The minimum absolute atomic E-state index is 0.0982. The number of nitrogens with zero attached hydrogens (tertiary/aromatic N) is 3. The molecule has 6 nitrogen and oxygen atoms in total. The molecule has 0 bridgehead atoms. The molecule has 1 aliphatic rings. The third-order valence-corrected chi connectivity index (χ3v) is 3.95. The molecular formula is C19H15N3O3. The van der Waals surface area contributed by atoms with Crippen LogP contribution in [0, 0.1) is 0 Å². The van der Waals surface area contributed by atoms with E-state index < -0.39 is 5.92 Å². The lowest BCUT2D eigenvalue weighted by Crippen LogP contribution is -2.18. The van der Waals surface area contributed by atoms with Crippen molar-refractivity contribution in [3.63, 3.8) is 0 Å². The molecule has 0 N–H and O–H groups in total. The zero-order valence-electron chi connectivity index (χ0n) is 13.5. The van der Waals surface area contributed by atoms with Gasteiger partial charge in [0, 0.05) is 11.8 Å². The average Bonchev–Trinajstić information content (AvgIpc) is 3.13. The Morgan fingerprint density at radius 3 is 2.68 bits per heavy atom. The van der Waals surface area contributed by atoms with Gasteiger partial charge in [-0.2, -0.15) is 4.98 Å². The van der Waals surface area contributed by atoms with E-state index >= 15 is 0 Å². The molecule has 1 aromatic heterocycles. The van der Waals surface area contributed by atoms with E-state index in [1.54, 1.807) is 18.3 Å². The van der Waals surface area contributed by atoms with E-state index in [-0.39, 0.29) is 11.7 Å². The van der Waals surface area contributed by atoms with E-state index in [0.29, 0.717) is 29.4 Å². The molecule has 0 saturated heterocycles. The molecule has 4 rings (SSSR count). The summed E-state index contributed by atoms with van der Waals surface area (Å²) in [6, 6.07) is 14.7. The molecule has 3 aromatic rings. The van der Waals surface area contributed by atoms with Crippen molar-refractivity contribution in [2.24, 2.45) is 4.99 Å². The van der Waals surface area contributed by atoms with E-state index in [1.165, 1.54) is 0 Å². The van der Waals surface area contributed by atoms with Gasteiger partial charge in [-0.15, -0.1) is 0 Å². The molecule has 124 valence electrons. The monoisotopic (exact) mass is 333 g/mol. The average molecular weight is 333 g/mol. The highest BCUT2D eigenvalue weighted by molar-refractivity contribution is 6.15. The van der Waals surface area contributed by atoms with Crippen LogP contribution in [0.2, 0.25) is 0 Å². The third kappa shape index (κ3) is 2.71. The number of hydrogen-bond acceptors (Lipinski definition) is 6. The maximum Gasteiger partial charge on any atom is 0.243 e. The molecule has 2 aromatic carbocycles. The summed E-state index contributed by atoms with van der Waals surface area (Å²) >= 11 is 0. The fourth-order valence-electron chi connectivity index (χ4n) is 2.76. The first-order chi connectivity index (χ1) is 12.3. The van der Waals surface area contributed by atoms with Crippen molar-refractivity contribution in [1.82, 2.24) is 10.1 Å². The second-order valence-electron chi connectivity index (χ2n) is 5.52. The molecule has 1 unspecified atom stereocenters. The van der Waals surface area contributed by atoms with Gasteiger partial charge in [0.25, 0.3) is 0 Å². The van der Waals surface area contributed by atoms with Crippen molar-refractivity contribution in [2.75, 3.05) is 6.61 Å². The molecular weight excluding hydrogens is 318 g/mol. The minimum atomic E-state index is -0.671. The summed E-state index contributed by atoms with van der Waals surface area (Å²) in [5.74, 6) is 0.518. The maximum atomic E-state index is 12.7. The fourth-order valence-corrected chi connectivity index (χ4v) is 2.76. The van der Waals surface area contributed by atoms with E-state index in [4.69, 9.17) is 9.26 Å². The number of ether oxygens (including phenoxy) is 1. The zero-order chi connectivity index (χ0) is 17.2. The largest absolute Gasteiger partial charge is 0.493 e. The van der Waals surface area contributed by atoms with Crippen LogP contribution in [0.1, 0.15) is 29.1 Å². The predicted molar refractivity (Wildman–Crippen MR) is 92.6 cm³/mol. The first-order valence-electron chi connectivity index (χ1n) is 8.01. The summed E-state index contributed by atoms with van der Waals surface area (Å²) in [5.41, 5.74) is 1.94. The van der Waals surface area contributed by atoms with Crippen LogP contribution in [0.3, 0.4) is 0 Å². The first-order valence-corrected chi connectivity index (χ1v) is 8.01. The molecule has 25 heavy (non-hydrogen) atoms. The third-order valence-electron chi connectivity index (χ3n) is 3.95. The summed E-state index contributed by atoms with van der Waals surface area (Å²) in [5, 5.41) is 4.01. The maximum absolute atomic E-state index is 12.7. The van der Waals surface area contributed by atoms with E-state index in [0.717, 1.165) is 5.56 Å². The number of Topliss-reactive ketones (excluding diaryl/α,β-unsaturated/α-hetero) is 1. The van der Waals surface area contributed by atoms with Gasteiger partial charge in [0.2, 0.25) is 11.7 Å². The summed E-state index contributed by atoms with van der Waals surface area (Å²) in [6.07, 6.45) is 1.55. The summed E-state index contributed by atoms with van der Waals surface area (Å²) in [4.78, 5) is 21.4. The topological polar surface area (TPSA) is 77.6 Å². The highest BCUT2D eigenvalue weighted by Gasteiger charge is 2.31. The van der Waals surface area contributed by atoms with Crippen molar-refractivity contribution in [3.8, 4) is 17.1 Å². The summed E-state index contributed by atoms with van der Waals surface area (Å²) in [6.45, 7) is 2.44. The number of aromatic nitrogens is 2. The number of rotatable bonds is 4. The molecule has 0 aliphatic carbocycles. The van der Waals surface area contributed by atoms with Gasteiger partial charge in [0.1, 0.15) is 11.7 Å². The first kappa shape index (κ1) is 15.3. The van der Waals surface area contributed by atoms with Crippen molar-refractivity contribution < 1.29 is 14.1 Å². The standard InChI is InChI=1S/C19H15N3O3/c1-2-24-16-10-6-4-8-13(16)18-21-19(25-22-18)14-11-20-15-9-5-3-7-12(15)17(14)23/h3-11,14H,2H2,1H3. The molecule has 1 aliphatic heterocycles. The molecule has 0 fully saturated rings. The van der Waals surface area contributed by atoms with Gasteiger partial charge in [-0.3, -0.25) is 9.79 Å². The molecule has 0 radical (unpaired) electrons. The lowest BCUT2D eigenvalue weighted by molar-refractivity contribution is 0.0971. The van der Waals surface area contributed by atoms with E-state index in [1.807, 2.05) is 43.3 Å². The highest BCUT2D eigenvalue weighted by atomic mass is 16.5. The molecule has 6 heteroatoms. The van der Waals surface area contributed by atoms with Crippen LogP contribution in [-0.2, 0) is 0 Å². The van der Waals surface area contributed by atoms with E-state index in [2.05, 4.69) is 15.1 Å². The summed E-state index contributed by atoms with van der Waals surface area (Å²) in [7, 11) is 0. The highest BCUT2D eigenvalue weighted by Crippen LogP contribution is 2.32. The zero-order valence-corrected chi connectivity index (χ0v) is 13.5. The Morgan fingerprint density at radius 1 is 1.08 bits per heavy atom. The van der Waals surface area contributed by atoms with Crippen molar-refractivity contribution >= 4 is 17.7 Å². The van der Waals surface area contributed by atoms with Gasteiger partial charge in [-0.25, -0.2) is 0 Å². The van der Waals surface area contributed by atoms with Crippen LogP contribution in [0.25, 0.3) is 11.4 Å². The van der Waals surface area contributed by atoms with Crippen molar-refractivity contribution in [3.05, 3.63) is 60.0 Å². The van der Waals surface area contributed by atoms with E-state index in [9.17, 15) is 4.79 Å². The Balaban J connectivity index is 1.68. The number of benzene rings is 2. The number of carbonyl (C=O) groups excluding carboxylic acids is 1. The van der Waals surface area contributed by atoms with Crippen molar-refractivity contribution in [2.45, 2.75) is 12.8 Å². The Hall–Kier alpha value is -3.28. The Labute approximate surface area is 144 Å². The quantitative estimate of drug-likeness (QED) is 0.725. The van der Waals surface area contributed by atoms with Crippen molar-refractivity contribution in [1.29, 1.82) is 0 Å². The number of carbonyl (C=O) groups is 1. The molecule has 0 spiro atoms. The molecule has 2 heterocycles. The van der Waals surface area contributed by atoms with Crippen LogP contribution in [0.15, 0.2) is 58.0 Å². The predicted octanol–water partition coefficient (Wildman–Crippen LogP) is 3.82. The number of para-hydroxylation sites is 2. The lowest BCUT2D eigenvalue weighted by Gasteiger charge is -2.13. The molecule has 0 amide bonds. The van der Waals surface area contributed by atoms with Crippen LogP contribution in [-0.4, -0.2) is 28.7 Å². The van der Waals surface area contributed by atoms with Crippen LogP contribution in [0.4, 0.5) is 5.69 Å². The Morgan fingerprint density at radius 2 is 1.84 bits per heavy atom. The SMILES string of the molecule is CCOc1ccccc1-c1noc(C2C=Nc3ccccc3C2=O)n1. The second kappa shape index (κ2) is 6.32. The molecule has 1 atom stereocenters. The molecule has 0 saturated carbocycles. The van der Waals surface area contributed by atoms with Crippen LogP contribution >= 0.6 is 0 Å². The van der Waals surface area contributed by atoms with Gasteiger partial charge in [-0.05, 0) is 31.2 Å². The number of aliphatic imine (C=N–C) groups is 1. The fraction of sp³-hybridized carbons (Fsp3) is 0.158. The van der Waals surface area contributed by atoms with Gasteiger partial charge >= 0.3 is 0 Å². The lowest BCUT2D eigenvalue weighted by atomic mass is 9.94. The Bertz CT molecular complexity index is 962. The van der Waals surface area contributed by atoms with Gasteiger partial charge in [0.15, 0.2) is 5.78 Å². The number of fused-ring (bicyclic) bond motifs is 1. The van der Waals surface area contributed by atoms with Gasteiger partial charge in [0.05, 0.1) is 17.9 Å². The summed E-state index contributed by atoms with van der Waals surface area (Å²) < 4.78 is 10.9. The Kier molecular flexibility index (Phi) is 3.85.